The zero-order chi connectivity index (χ0) is 17.6. The molecule has 0 unspecified atom stereocenters. The SMILES string of the molecule is COC(=O)c1cc(-c2ccc(N3CCOCC3)cc2)ncc1N=[N+]=[N-]. The number of morpholine rings is 1. The molecule has 1 saturated heterocycles. The number of aromatic nitrogens is 1. The van der Waals surface area contributed by atoms with Gasteiger partial charge < -0.3 is 14.4 Å². The van der Waals surface area contributed by atoms with E-state index in [1.807, 2.05) is 24.3 Å². The van der Waals surface area contributed by atoms with Crippen LogP contribution < -0.4 is 4.90 Å². The summed E-state index contributed by atoms with van der Waals surface area (Å²) in [5.74, 6) is -0.573. The molecule has 8 nitrogen and oxygen atoms in total. The molecule has 0 bridgehead atoms. The van der Waals surface area contributed by atoms with Crippen LogP contribution in [0, 0.1) is 0 Å². The predicted octanol–water partition coefficient (Wildman–Crippen LogP) is 3.31. The average molecular weight is 339 g/mol. The van der Waals surface area contributed by atoms with Crippen molar-refractivity contribution in [1.29, 1.82) is 0 Å². The number of methoxy groups -OCH3 is 1. The Balaban J connectivity index is 1.90. The van der Waals surface area contributed by atoms with Gasteiger partial charge in [-0.25, -0.2) is 4.79 Å². The molecule has 1 aliphatic heterocycles. The van der Waals surface area contributed by atoms with E-state index in [1.165, 1.54) is 13.3 Å². The van der Waals surface area contributed by atoms with Gasteiger partial charge in [-0.1, -0.05) is 17.2 Å². The van der Waals surface area contributed by atoms with Crippen LogP contribution in [0.2, 0.25) is 0 Å². The van der Waals surface area contributed by atoms with Gasteiger partial charge in [0.1, 0.15) is 0 Å². The standard InChI is InChI=1S/C17H17N5O3/c1-24-17(23)14-10-15(19-11-16(14)20-21-18)12-2-4-13(5-3-12)22-6-8-25-9-7-22/h2-5,10-11H,6-9H2,1H3. The second-order valence-corrected chi connectivity index (χ2v) is 5.41. The van der Waals surface area contributed by atoms with Gasteiger partial charge in [-0.15, -0.1) is 0 Å². The fraction of sp³-hybridized carbons (Fsp3) is 0.294. The monoisotopic (exact) mass is 339 g/mol. The smallest absolute Gasteiger partial charge is 0.338 e. The summed E-state index contributed by atoms with van der Waals surface area (Å²) in [5, 5.41) is 3.48. The second-order valence-electron chi connectivity index (χ2n) is 5.41. The van der Waals surface area contributed by atoms with Crippen molar-refractivity contribution in [2.75, 3.05) is 38.3 Å². The fourth-order valence-electron chi connectivity index (χ4n) is 2.67. The number of hydrogen-bond acceptors (Lipinski definition) is 6. The highest BCUT2D eigenvalue weighted by molar-refractivity contribution is 5.95. The van der Waals surface area contributed by atoms with E-state index >= 15 is 0 Å². The highest BCUT2D eigenvalue weighted by atomic mass is 16.5. The number of hydrogen-bond donors (Lipinski definition) is 0. The van der Waals surface area contributed by atoms with E-state index in [4.69, 9.17) is 15.0 Å². The van der Waals surface area contributed by atoms with Crippen LogP contribution in [0.25, 0.3) is 21.7 Å². The summed E-state index contributed by atoms with van der Waals surface area (Å²) in [6.45, 7) is 3.19. The molecule has 0 spiro atoms. The van der Waals surface area contributed by atoms with E-state index in [2.05, 4.69) is 19.9 Å². The number of anilines is 1. The third-order valence-corrected chi connectivity index (χ3v) is 3.98. The molecule has 0 amide bonds. The number of benzene rings is 1. The van der Waals surface area contributed by atoms with Crippen LogP contribution in [0.4, 0.5) is 11.4 Å². The Morgan fingerprint density at radius 1 is 1.32 bits per heavy atom. The summed E-state index contributed by atoms with van der Waals surface area (Å²) in [7, 11) is 1.28. The number of esters is 1. The van der Waals surface area contributed by atoms with E-state index in [0.717, 1.165) is 37.6 Å². The van der Waals surface area contributed by atoms with Crippen LogP contribution in [0.5, 0.6) is 0 Å². The van der Waals surface area contributed by atoms with Crippen LogP contribution in [-0.4, -0.2) is 44.4 Å². The molecule has 1 aliphatic rings. The van der Waals surface area contributed by atoms with Crippen molar-refractivity contribution in [3.05, 3.63) is 52.5 Å². The normalized spacial score (nSPS) is 13.9. The minimum atomic E-state index is -0.573. The summed E-state index contributed by atoms with van der Waals surface area (Å²) >= 11 is 0. The average Bonchev–Trinajstić information content (AvgIpc) is 2.69. The topological polar surface area (TPSA) is 100 Å². The van der Waals surface area contributed by atoms with Crippen LogP contribution in [0.3, 0.4) is 0 Å². The Morgan fingerprint density at radius 3 is 2.68 bits per heavy atom. The Labute approximate surface area is 144 Å². The van der Waals surface area contributed by atoms with Gasteiger partial charge in [-0.3, -0.25) is 4.98 Å². The highest BCUT2D eigenvalue weighted by Gasteiger charge is 2.15. The number of ether oxygens (including phenoxy) is 2. The van der Waals surface area contributed by atoms with Crippen molar-refractivity contribution in [1.82, 2.24) is 4.98 Å². The van der Waals surface area contributed by atoms with Gasteiger partial charge in [0.05, 0.1) is 37.3 Å². The lowest BCUT2D eigenvalue weighted by Crippen LogP contribution is -2.36. The summed E-state index contributed by atoms with van der Waals surface area (Å²) in [5.41, 5.74) is 11.5. The number of rotatable bonds is 4. The molecule has 25 heavy (non-hydrogen) atoms. The maximum absolute atomic E-state index is 11.9. The molecular weight excluding hydrogens is 322 g/mol. The number of nitrogens with zero attached hydrogens (tertiary/aromatic N) is 5. The number of carbonyl (C=O) groups excluding carboxylic acids is 1. The summed E-state index contributed by atoms with van der Waals surface area (Å²) in [4.78, 5) is 21.1. The first-order valence-corrected chi connectivity index (χ1v) is 7.79. The van der Waals surface area contributed by atoms with Crippen molar-refractivity contribution >= 4 is 17.3 Å². The van der Waals surface area contributed by atoms with Crippen molar-refractivity contribution in [2.45, 2.75) is 0 Å². The van der Waals surface area contributed by atoms with E-state index in [0.29, 0.717) is 5.69 Å². The summed E-state index contributed by atoms with van der Waals surface area (Å²) in [6, 6.07) is 9.49. The van der Waals surface area contributed by atoms with Gasteiger partial charge in [-0.05, 0) is 23.7 Å². The third-order valence-electron chi connectivity index (χ3n) is 3.98. The molecule has 3 rings (SSSR count). The van der Waals surface area contributed by atoms with E-state index in [-0.39, 0.29) is 11.3 Å². The molecule has 0 radical (unpaired) electrons. The number of azide groups is 1. The van der Waals surface area contributed by atoms with Crippen molar-refractivity contribution in [3.8, 4) is 11.3 Å². The van der Waals surface area contributed by atoms with E-state index in [1.54, 1.807) is 6.07 Å². The van der Waals surface area contributed by atoms with Crippen LogP contribution in [0.15, 0.2) is 41.6 Å². The lowest BCUT2D eigenvalue weighted by molar-refractivity contribution is 0.0601. The number of carbonyl (C=O) groups is 1. The maximum Gasteiger partial charge on any atom is 0.338 e. The maximum atomic E-state index is 11.9. The fourth-order valence-corrected chi connectivity index (χ4v) is 2.67. The van der Waals surface area contributed by atoms with Crippen LogP contribution >= 0.6 is 0 Å². The number of pyridine rings is 1. The van der Waals surface area contributed by atoms with Crippen LogP contribution in [0.1, 0.15) is 10.4 Å². The zero-order valence-corrected chi connectivity index (χ0v) is 13.8. The van der Waals surface area contributed by atoms with Crippen molar-refractivity contribution in [2.24, 2.45) is 5.11 Å². The minimum absolute atomic E-state index is 0.142. The summed E-state index contributed by atoms with van der Waals surface area (Å²) in [6.07, 6.45) is 1.37. The highest BCUT2D eigenvalue weighted by Crippen LogP contribution is 2.27. The molecular formula is C17H17N5O3. The van der Waals surface area contributed by atoms with E-state index < -0.39 is 5.97 Å². The Morgan fingerprint density at radius 2 is 2.04 bits per heavy atom. The molecule has 0 aliphatic carbocycles. The lowest BCUT2D eigenvalue weighted by atomic mass is 10.1. The largest absolute Gasteiger partial charge is 0.465 e. The third kappa shape index (κ3) is 3.71. The molecule has 0 saturated carbocycles. The zero-order valence-electron chi connectivity index (χ0n) is 13.8. The van der Waals surface area contributed by atoms with Crippen molar-refractivity contribution < 1.29 is 14.3 Å². The van der Waals surface area contributed by atoms with Crippen molar-refractivity contribution in [3.63, 3.8) is 0 Å². The molecule has 2 heterocycles. The lowest BCUT2D eigenvalue weighted by Gasteiger charge is -2.28. The molecule has 8 heteroatoms. The van der Waals surface area contributed by atoms with Gasteiger partial charge >= 0.3 is 5.97 Å². The van der Waals surface area contributed by atoms with Gasteiger partial charge in [-0.2, -0.15) is 0 Å². The van der Waals surface area contributed by atoms with Gasteiger partial charge in [0.2, 0.25) is 0 Å². The van der Waals surface area contributed by atoms with Gasteiger partial charge in [0.25, 0.3) is 0 Å². The molecule has 0 atom stereocenters. The quantitative estimate of drug-likeness (QED) is 0.368. The minimum Gasteiger partial charge on any atom is -0.465 e. The Kier molecular flexibility index (Phi) is 5.13. The first-order chi connectivity index (χ1) is 12.2. The Bertz CT molecular complexity index is 810. The molecule has 0 N–H and O–H groups in total. The van der Waals surface area contributed by atoms with Gasteiger partial charge in [0.15, 0.2) is 0 Å². The first-order valence-electron chi connectivity index (χ1n) is 7.79. The molecule has 1 fully saturated rings. The molecule has 1 aromatic heterocycles. The second kappa shape index (κ2) is 7.65. The molecule has 128 valence electrons. The first kappa shape index (κ1) is 16.8. The van der Waals surface area contributed by atoms with Gasteiger partial charge in [0, 0.05) is 35.4 Å². The molecule has 2 aromatic rings. The predicted molar refractivity (Wildman–Crippen MR) is 92.9 cm³/mol. The Hall–Kier alpha value is -3.09. The van der Waals surface area contributed by atoms with Crippen LogP contribution in [-0.2, 0) is 9.47 Å². The van der Waals surface area contributed by atoms with E-state index in [9.17, 15) is 4.79 Å². The summed E-state index contributed by atoms with van der Waals surface area (Å²) < 4.78 is 10.1. The molecule has 1 aromatic carbocycles.